The summed E-state index contributed by atoms with van der Waals surface area (Å²) in [4.78, 5) is 22.1. The molecule has 0 unspecified atom stereocenters. The maximum absolute atomic E-state index is 12.0. The van der Waals surface area contributed by atoms with E-state index in [2.05, 4.69) is 0 Å². The molecule has 2 rings (SSSR count). The van der Waals surface area contributed by atoms with Gasteiger partial charge < -0.3 is 9.47 Å². The zero-order valence-electron chi connectivity index (χ0n) is 11.9. The molecule has 1 aliphatic rings. The predicted molar refractivity (Wildman–Crippen MR) is 72.9 cm³/mol. The lowest BCUT2D eigenvalue weighted by Gasteiger charge is -2.20. The smallest absolute Gasteiger partial charge is 0.376 e. The maximum Gasteiger partial charge on any atom is 0.376 e. The van der Waals surface area contributed by atoms with Gasteiger partial charge >= 0.3 is 5.97 Å². The minimum atomic E-state index is -0.546. The molecule has 0 bridgehead atoms. The summed E-state index contributed by atoms with van der Waals surface area (Å²) in [6.07, 6.45) is 5.35. The molecule has 0 amide bonds. The highest BCUT2D eigenvalue weighted by Gasteiger charge is 2.20. The molecule has 0 aliphatic heterocycles. The number of methoxy groups -OCH3 is 2. The van der Waals surface area contributed by atoms with E-state index in [4.69, 9.17) is 19.2 Å². The van der Waals surface area contributed by atoms with Crippen LogP contribution in [-0.2, 0) is 9.78 Å². The van der Waals surface area contributed by atoms with Crippen molar-refractivity contribution in [2.45, 2.75) is 38.2 Å². The van der Waals surface area contributed by atoms with Crippen molar-refractivity contribution in [3.05, 3.63) is 23.8 Å². The first-order chi connectivity index (χ1) is 9.74. The van der Waals surface area contributed by atoms with Crippen LogP contribution in [0.1, 0.15) is 42.5 Å². The van der Waals surface area contributed by atoms with Crippen LogP contribution in [0.2, 0.25) is 0 Å². The molecule has 20 heavy (non-hydrogen) atoms. The summed E-state index contributed by atoms with van der Waals surface area (Å²) in [5.41, 5.74) is 0.323. The fourth-order valence-corrected chi connectivity index (χ4v) is 2.29. The van der Waals surface area contributed by atoms with E-state index in [9.17, 15) is 4.79 Å². The number of ether oxygens (including phenoxy) is 2. The molecule has 5 heteroatoms. The van der Waals surface area contributed by atoms with Crippen molar-refractivity contribution in [1.29, 1.82) is 0 Å². The number of rotatable bonds is 5. The summed E-state index contributed by atoms with van der Waals surface area (Å²) in [5, 5.41) is 0. The van der Waals surface area contributed by atoms with E-state index in [-0.39, 0.29) is 6.10 Å². The molecule has 1 aromatic carbocycles. The van der Waals surface area contributed by atoms with Crippen LogP contribution in [0.3, 0.4) is 0 Å². The van der Waals surface area contributed by atoms with Crippen LogP contribution in [0, 0.1) is 0 Å². The van der Waals surface area contributed by atoms with Gasteiger partial charge in [-0.25, -0.2) is 4.79 Å². The van der Waals surface area contributed by atoms with Crippen molar-refractivity contribution in [2.75, 3.05) is 14.2 Å². The summed E-state index contributed by atoms with van der Waals surface area (Å²) in [5.74, 6) is 0.475. The van der Waals surface area contributed by atoms with Gasteiger partial charge in [-0.15, -0.1) is 0 Å². The van der Waals surface area contributed by atoms with Crippen molar-refractivity contribution in [2.24, 2.45) is 0 Å². The standard InChI is InChI=1S/C15H20O5/c1-17-12-8-9-13(14(10-12)18-2)15(16)20-19-11-6-4-3-5-7-11/h8-11H,3-7H2,1-2H3. The number of hydrogen-bond acceptors (Lipinski definition) is 5. The maximum atomic E-state index is 12.0. The van der Waals surface area contributed by atoms with Crippen molar-refractivity contribution in [3.8, 4) is 11.5 Å². The highest BCUT2D eigenvalue weighted by molar-refractivity contribution is 5.92. The van der Waals surface area contributed by atoms with Crippen LogP contribution in [0.5, 0.6) is 11.5 Å². The second-order valence-electron chi connectivity index (χ2n) is 4.79. The summed E-state index contributed by atoms with van der Waals surface area (Å²) in [7, 11) is 3.05. The quantitative estimate of drug-likeness (QED) is 0.612. The van der Waals surface area contributed by atoms with Gasteiger partial charge in [-0.2, -0.15) is 4.89 Å². The Morgan fingerprint density at radius 1 is 1.10 bits per heavy atom. The third-order valence-electron chi connectivity index (χ3n) is 3.44. The summed E-state index contributed by atoms with van der Waals surface area (Å²) in [6.45, 7) is 0. The summed E-state index contributed by atoms with van der Waals surface area (Å²) in [6, 6.07) is 4.92. The van der Waals surface area contributed by atoms with Crippen LogP contribution in [0.25, 0.3) is 0 Å². The minimum absolute atomic E-state index is 0.0111. The lowest BCUT2D eigenvalue weighted by Crippen LogP contribution is -2.19. The first-order valence-corrected chi connectivity index (χ1v) is 6.84. The average Bonchev–Trinajstić information content (AvgIpc) is 2.52. The van der Waals surface area contributed by atoms with Crippen LogP contribution in [0.15, 0.2) is 18.2 Å². The molecule has 1 saturated carbocycles. The van der Waals surface area contributed by atoms with Crippen molar-refractivity contribution >= 4 is 5.97 Å². The molecule has 1 fully saturated rings. The highest BCUT2D eigenvalue weighted by Crippen LogP contribution is 2.26. The molecule has 1 aliphatic carbocycles. The summed E-state index contributed by atoms with van der Waals surface area (Å²) >= 11 is 0. The van der Waals surface area contributed by atoms with Crippen LogP contribution < -0.4 is 9.47 Å². The Morgan fingerprint density at radius 2 is 1.85 bits per heavy atom. The molecular formula is C15H20O5. The molecule has 0 atom stereocenters. The summed E-state index contributed by atoms with van der Waals surface area (Å²) < 4.78 is 10.2. The Balaban J connectivity index is 1.97. The van der Waals surface area contributed by atoms with Crippen LogP contribution in [-0.4, -0.2) is 26.3 Å². The monoisotopic (exact) mass is 280 g/mol. The normalized spacial score (nSPS) is 15.7. The van der Waals surface area contributed by atoms with E-state index in [1.807, 2.05) is 0 Å². The van der Waals surface area contributed by atoms with E-state index in [1.54, 1.807) is 25.3 Å². The Hall–Kier alpha value is -1.75. The Bertz CT molecular complexity index is 452. The average molecular weight is 280 g/mol. The van der Waals surface area contributed by atoms with Gasteiger partial charge in [0.05, 0.1) is 14.2 Å². The zero-order chi connectivity index (χ0) is 14.4. The first kappa shape index (κ1) is 14.7. The number of carbonyl (C=O) groups excluding carboxylic acids is 1. The van der Waals surface area contributed by atoms with E-state index in [1.165, 1.54) is 13.5 Å². The first-order valence-electron chi connectivity index (χ1n) is 6.84. The Morgan fingerprint density at radius 3 is 2.50 bits per heavy atom. The second-order valence-corrected chi connectivity index (χ2v) is 4.79. The third kappa shape index (κ3) is 3.63. The zero-order valence-corrected chi connectivity index (χ0v) is 11.9. The van der Waals surface area contributed by atoms with Gasteiger partial charge in [0, 0.05) is 6.07 Å². The van der Waals surface area contributed by atoms with E-state index < -0.39 is 5.97 Å². The van der Waals surface area contributed by atoms with Gasteiger partial charge in [-0.1, -0.05) is 19.3 Å². The van der Waals surface area contributed by atoms with Crippen molar-refractivity contribution in [3.63, 3.8) is 0 Å². The van der Waals surface area contributed by atoms with Gasteiger partial charge in [0.15, 0.2) is 0 Å². The fourth-order valence-electron chi connectivity index (χ4n) is 2.29. The molecule has 5 nitrogen and oxygen atoms in total. The third-order valence-corrected chi connectivity index (χ3v) is 3.44. The van der Waals surface area contributed by atoms with Crippen molar-refractivity contribution in [1.82, 2.24) is 0 Å². The number of carbonyl (C=O) groups is 1. The number of hydrogen-bond donors (Lipinski definition) is 0. The van der Waals surface area contributed by atoms with E-state index in [0.29, 0.717) is 17.1 Å². The molecule has 0 N–H and O–H groups in total. The molecule has 0 heterocycles. The van der Waals surface area contributed by atoms with E-state index >= 15 is 0 Å². The minimum Gasteiger partial charge on any atom is -0.497 e. The molecule has 1 aromatic rings. The van der Waals surface area contributed by atoms with Crippen LogP contribution in [0.4, 0.5) is 0 Å². The predicted octanol–water partition coefficient (Wildman–Crippen LogP) is 3.12. The molecule has 0 spiro atoms. The lowest BCUT2D eigenvalue weighted by atomic mass is 9.98. The van der Waals surface area contributed by atoms with E-state index in [0.717, 1.165) is 25.7 Å². The molecule has 0 saturated heterocycles. The molecular weight excluding hydrogens is 260 g/mol. The molecule has 0 aromatic heterocycles. The Kier molecular flexibility index (Phi) is 5.24. The topological polar surface area (TPSA) is 54.0 Å². The Labute approximate surface area is 118 Å². The van der Waals surface area contributed by atoms with Gasteiger partial charge in [-0.05, 0) is 25.0 Å². The number of benzene rings is 1. The highest BCUT2D eigenvalue weighted by atomic mass is 17.2. The van der Waals surface area contributed by atoms with Gasteiger partial charge in [-0.3, -0.25) is 4.89 Å². The van der Waals surface area contributed by atoms with Gasteiger partial charge in [0.1, 0.15) is 23.2 Å². The second kappa shape index (κ2) is 7.14. The fraction of sp³-hybridized carbons (Fsp3) is 0.533. The SMILES string of the molecule is COc1ccc(C(=O)OOC2CCCCC2)c(OC)c1. The molecule has 110 valence electrons. The van der Waals surface area contributed by atoms with Crippen molar-refractivity contribution < 1.29 is 24.0 Å². The van der Waals surface area contributed by atoms with Gasteiger partial charge in [0.25, 0.3) is 0 Å². The van der Waals surface area contributed by atoms with Gasteiger partial charge in [0.2, 0.25) is 0 Å². The largest absolute Gasteiger partial charge is 0.497 e. The van der Waals surface area contributed by atoms with Crippen LogP contribution >= 0.6 is 0 Å². The molecule has 0 radical (unpaired) electrons. The lowest BCUT2D eigenvalue weighted by molar-refractivity contribution is -0.279.